The summed E-state index contributed by atoms with van der Waals surface area (Å²) < 4.78 is 4.89. The molecule has 0 fully saturated rings. The van der Waals surface area contributed by atoms with Gasteiger partial charge in [-0.05, 0) is 25.5 Å². The van der Waals surface area contributed by atoms with Crippen molar-refractivity contribution in [2.75, 3.05) is 11.9 Å². The molecule has 0 aliphatic rings. The zero-order valence-electron chi connectivity index (χ0n) is 11.6. The number of thiazole rings is 1. The number of carbonyl (C=O) groups excluding carboxylic acids is 1. The van der Waals surface area contributed by atoms with Crippen molar-refractivity contribution in [2.45, 2.75) is 20.3 Å². The number of benzene rings is 1. The van der Waals surface area contributed by atoms with Crippen molar-refractivity contribution >= 4 is 51.3 Å². The lowest BCUT2D eigenvalue weighted by Gasteiger charge is -2.09. The van der Waals surface area contributed by atoms with Crippen molar-refractivity contribution in [1.29, 1.82) is 0 Å². The maximum atomic E-state index is 11.4. The first-order chi connectivity index (χ1) is 10.0. The maximum Gasteiger partial charge on any atom is 0.311 e. The highest BCUT2D eigenvalue weighted by Gasteiger charge is 2.12. The number of hydrogen-bond donors (Lipinski definition) is 1. The van der Waals surface area contributed by atoms with E-state index < -0.39 is 0 Å². The second-order valence-electron chi connectivity index (χ2n) is 4.30. The molecule has 1 heterocycles. The predicted octanol–water partition coefficient (Wildman–Crippen LogP) is 4.61. The van der Waals surface area contributed by atoms with Crippen molar-refractivity contribution in [2.24, 2.45) is 0 Å². The third kappa shape index (κ3) is 4.09. The van der Waals surface area contributed by atoms with Crippen LogP contribution in [0.3, 0.4) is 0 Å². The lowest BCUT2D eigenvalue weighted by atomic mass is 10.2. The minimum Gasteiger partial charge on any atom is -0.466 e. The van der Waals surface area contributed by atoms with Crippen LogP contribution in [-0.2, 0) is 16.0 Å². The fraction of sp³-hybridized carbons (Fsp3) is 0.286. The van der Waals surface area contributed by atoms with E-state index in [4.69, 9.17) is 27.9 Å². The van der Waals surface area contributed by atoms with E-state index in [1.54, 1.807) is 18.4 Å². The van der Waals surface area contributed by atoms with Crippen LogP contribution in [0.5, 0.6) is 0 Å². The normalized spacial score (nSPS) is 10.5. The Hall–Kier alpha value is -1.30. The monoisotopic (exact) mass is 344 g/mol. The average molecular weight is 345 g/mol. The molecule has 0 bridgehead atoms. The number of ether oxygens (including phenoxy) is 1. The van der Waals surface area contributed by atoms with Gasteiger partial charge in [0, 0.05) is 5.38 Å². The van der Waals surface area contributed by atoms with Gasteiger partial charge in [0.1, 0.15) is 0 Å². The molecule has 2 rings (SSSR count). The predicted molar refractivity (Wildman–Crippen MR) is 86.9 cm³/mol. The van der Waals surface area contributed by atoms with Crippen LogP contribution < -0.4 is 5.32 Å². The van der Waals surface area contributed by atoms with E-state index in [0.717, 1.165) is 5.56 Å². The van der Waals surface area contributed by atoms with Gasteiger partial charge in [-0.1, -0.05) is 29.3 Å². The van der Waals surface area contributed by atoms with Gasteiger partial charge < -0.3 is 10.1 Å². The van der Waals surface area contributed by atoms with E-state index >= 15 is 0 Å². The van der Waals surface area contributed by atoms with E-state index in [9.17, 15) is 4.79 Å². The highest BCUT2D eigenvalue weighted by molar-refractivity contribution is 7.13. The second kappa shape index (κ2) is 7.11. The Kier molecular flexibility index (Phi) is 5.45. The highest BCUT2D eigenvalue weighted by Crippen LogP contribution is 2.35. The van der Waals surface area contributed by atoms with Crippen molar-refractivity contribution in [3.8, 4) is 0 Å². The molecule has 112 valence electrons. The van der Waals surface area contributed by atoms with Crippen LogP contribution in [0, 0.1) is 6.92 Å². The molecule has 0 amide bonds. The SMILES string of the molecule is CCOC(=O)Cc1csc(Nc2c(Cl)ccc(C)c2Cl)n1. The van der Waals surface area contributed by atoms with E-state index in [1.165, 1.54) is 11.3 Å². The fourth-order valence-electron chi connectivity index (χ4n) is 1.68. The average Bonchev–Trinajstić information content (AvgIpc) is 2.87. The quantitative estimate of drug-likeness (QED) is 0.804. The molecule has 1 N–H and O–H groups in total. The summed E-state index contributed by atoms with van der Waals surface area (Å²) in [7, 11) is 0. The standard InChI is InChI=1S/C14H14Cl2N2O2S/c1-3-20-11(19)6-9-7-21-14(17-9)18-13-10(15)5-4-8(2)12(13)16/h4-5,7H,3,6H2,1-2H3,(H,17,18). The summed E-state index contributed by atoms with van der Waals surface area (Å²) in [5.41, 5.74) is 2.20. The molecular weight excluding hydrogens is 331 g/mol. The number of anilines is 2. The lowest BCUT2D eigenvalue weighted by Crippen LogP contribution is -2.07. The molecule has 1 aromatic carbocycles. The van der Waals surface area contributed by atoms with Crippen LogP contribution in [0.1, 0.15) is 18.2 Å². The number of aromatic nitrogens is 1. The molecule has 4 nitrogen and oxygen atoms in total. The van der Waals surface area contributed by atoms with Crippen LogP contribution in [0.25, 0.3) is 0 Å². The van der Waals surface area contributed by atoms with Gasteiger partial charge in [0.15, 0.2) is 5.13 Å². The topological polar surface area (TPSA) is 51.2 Å². The van der Waals surface area contributed by atoms with Crippen LogP contribution >= 0.6 is 34.5 Å². The molecule has 1 aromatic heterocycles. The van der Waals surface area contributed by atoms with Crippen molar-refractivity contribution < 1.29 is 9.53 Å². The number of hydrogen-bond acceptors (Lipinski definition) is 5. The van der Waals surface area contributed by atoms with Crippen LogP contribution in [0.15, 0.2) is 17.5 Å². The number of carbonyl (C=O) groups is 1. The first-order valence-corrected chi connectivity index (χ1v) is 7.96. The number of nitrogens with zero attached hydrogens (tertiary/aromatic N) is 1. The molecule has 0 spiro atoms. The molecule has 0 unspecified atom stereocenters. The summed E-state index contributed by atoms with van der Waals surface area (Å²) in [6.45, 7) is 4.04. The van der Waals surface area contributed by atoms with E-state index in [0.29, 0.717) is 33.2 Å². The van der Waals surface area contributed by atoms with Gasteiger partial charge in [-0.15, -0.1) is 11.3 Å². The molecule has 7 heteroatoms. The van der Waals surface area contributed by atoms with Crippen LogP contribution in [-0.4, -0.2) is 17.6 Å². The summed E-state index contributed by atoms with van der Waals surface area (Å²) in [6.07, 6.45) is 0.154. The number of nitrogens with one attached hydrogen (secondary N) is 1. The van der Waals surface area contributed by atoms with E-state index in [2.05, 4.69) is 10.3 Å². The fourth-order valence-corrected chi connectivity index (χ4v) is 2.86. The number of aryl methyl sites for hydroxylation is 1. The van der Waals surface area contributed by atoms with Crippen molar-refractivity contribution in [3.05, 3.63) is 38.8 Å². The van der Waals surface area contributed by atoms with Gasteiger partial charge in [0.05, 0.1) is 34.5 Å². The third-order valence-corrected chi connectivity index (χ3v) is 4.31. The molecular formula is C14H14Cl2N2O2S. The van der Waals surface area contributed by atoms with Crippen molar-refractivity contribution in [1.82, 2.24) is 4.98 Å². The first-order valence-electron chi connectivity index (χ1n) is 6.33. The summed E-state index contributed by atoms with van der Waals surface area (Å²) in [6, 6.07) is 3.63. The highest BCUT2D eigenvalue weighted by atomic mass is 35.5. The maximum absolute atomic E-state index is 11.4. The number of esters is 1. The van der Waals surface area contributed by atoms with E-state index in [1.807, 2.05) is 13.0 Å². The molecule has 21 heavy (non-hydrogen) atoms. The minimum absolute atomic E-state index is 0.154. The van der Waals surface area contributed by atoms with Gasteiger partial charge in [-0.25, -0.2) is 4.98 Å². The van der Waals surface area contributed by atoms with Gasteiger partial charge in [0.25, 0.3) is 0 Å². The Morgan fingerprint density at radius 3 is 2.90 bits per heavy atom. The van der Waals surface area contributed by atoms with Crippen LogP contribution in [0.2, 0.25) is 10.0 Å². The van der Waals surface area contributed by atoms with Gasteiger partial charge >= 0.3 is 5.97 Å². The first kappa shape index (κ1) is 16.1. The van der Waals surface area contributed by atoms with Gasteiger partial charge in [0.2, 0.25) is 0 Å². The van der Waals surface area contributed by atoms with Gasteiger partial charge in [-0.3, -0.25) is 4.79 Å². The summed E-state index contributed by atoms with van der Waals surface area (Å²) in [5.74, 6) is -0.291. The minimum atomic E-state index is -0.291. The number of rotatable bonds is 5. The summed E-state index contributed by atoms with van der Waals surface area (Å²) in [4.78, 5) is 15.7. The number of halogens is 2. The Morgan fingerprint density at radius 1 is 1.43 bits per heavy atom. The molecule has 0 aliphatic heterocycles. The smallest absolute Gasteiger partial charge is 0.311 e. The van der Waals surface area contributed by atoms with Crippen molar-refractivity contribution in [3.63, 3.8) is 0 Å². The Bertz CT molecular complexity index is 658. The Morgan fingerprint density at radius 2 is 2.19 bits per heavy atom. The summed E-state index contributed by atoms with van der Waals surface area (Å²) >= 11 is 13.8. The Balaban J connectivity index is 2.13. The molecule has 2 aromatic rings. The molecule has 0 atom stereocenters. The van der Waals surface area contributed by atoms with E-state index in [-0.39, 0.29) is 12.4 Å². The van der Waals surface area contributed by atoms with Gasteiger partial charge in [-0.2, -0.15) is 0 Å². The second-order valence-corrected chi connectivity index (χ2v) is 5.95. The largest absolute Gasteiger partial charge is 0.466 e. The molecule has 0 saturated carbocycles. The van der Waals surface area contributed by atoms with Crippen LogP contribution in [0.4, 0.5) is 10.8 Å². The zero-order chi connectivity index (χ0) is 15.4. The molecule has 0 radical (unpaired) electrons. The third-order valence-electron chi connectivity index (χ3n) is 2.70. The summed E-state index contributed by atoms with van der Waals surface area (Å²) in [5, 5.41) is 6.61. The zero-order valence-corrected chi connectivity index (χ0v) is 13.9. The molecule has 0 aliphatic carbocycles. The lowest BCUT2D eigenvalue weighted by molar-refractivity contribution is -0.142. The molecule has 0 saturated heterocycles. The Labute approximate surface area is 137 Å².